The number of rotatable bonds is 2. The van der Waals surface area contributed by atoms with Gasteiger partial charge in [0.05, 0.1) is 0 Å². The molecule has 2 rings (SSSR count). The molecule has 0 spiro atoms. The standard InChI is InChI=1S/C13H9F2O.V/c1-9-5-6-12(8-13(9)15)16-11-4-2-3-10(14)7-11;/h3-8H,1H3;/q-1;. The Hall–Kier alpha value is -1.32. The average Bonchev–Trinajstić information content (AvgIpc) is 2.24. The molecule has 0 aromatic heterocycles. The number of hydrogen-bond donors (Lipinski definition) is 0. The van der Waals surface area contributed by atoms with Crippen molar-refractivity contribution in [1.82, 2.24) is 0 Å². The maximum atomic E-state index is 13.2. The van der Waals surface area contributed by atoms with E-state index in [4.69, 9.17) is 4.74 Å². The van der Waals surface area contributed by atoms with E-state index < -0.39 is 5.82 Å². The monoisotopic (exact) mass is 270 g/mol. The van der Waals surface area contributed by atoms with Gasteiger partial charge < -0.3 is 4.74 Å². The summed E-state index contributed by atoms with van der Waals surface area (Å²) in [6.07, 6.45) is 0. The van der Waals surface area contributed by atoms with Crippen molar-refractivity contribution in [3.05, 3.63) is 59.7 Å². The summed E-state index contributed by atoms with van der Waals surface area (Å²) >= 11 is 0. The van der Waals surface area contributed by atoms with E-state index in [9.17, 15) is 8.78 Å². The minimum absolute atomic E-state index is 0. The second-order valence-electron chi connectivity index (χ2n) is 3.40. The summed E-state index contributed by atoms with van der Waals surface area (Å²) in [6.45, 7) is 1.66. The maximum absolute atomic E-state index is 13.2. The Morgan fingerprint density at radius 1 is 1.06 bits per heavy atom. The van der Waals surface area contributed by atoms with Gasteiger partial charge in [0.1, 0.15) is 11.6 Å². The molecule has 0 N–H and O–H groups in total. The van der Waals surface area contributed by atoms with E-state index in [-0.39, 0.29) is 24.4 Å². The zero-order chi connectivity index (χ0) is 11.5. The molecule has 2 aromatic carbocycles. The van der Waals surface area contributed by atoms with Gasteiger partial charge in [-0.05, 0) is 18.6 Å². The molecule has 0 saturated heterocycles. The van der Waals surface area contributed by atoms with E-state index in [0.717, 1.165) is 0 Å². The molecule has 2 aromatic rings. The number of hydrogen-bond acceptors (Lipinski definition) is 1. The Labute approximate surface area is 110 Å². The fourth-order valence-corrected chi connectivity index (χ4v) is 1.25. The van der Waals surface area contributed by atoms with Crippen LogP contribution < -0.4 is 4.74 Å². The van der Waals surface area contributed by atoms with Crippen molar-refractivity contribution in [3.63, 3.8) is 0 Å². The second kappa shape index (κ2) is 5.85. The fraction of sp³-hybridized carbons (Fsp3) is 0.0769. The van der Waals surface area contributed by atoms with Crippen molar-refractivity contribution in [3.8, 4) is 11.5 Å². The van der Waals surface area contributed by atoms with Crippen LogP contribution in [0.4, 0.5) is 8.78 Å². The molecule has 1 nitrogen and oxygen atoms in total. The quantitative estimate of drug-likeness (QED) is 0.753. The summed E-state index contributed by atoms with van der Waals surface area (Å²) < 4.78 is 31.3. The van der Waals surface area contributed by atoms with Gasteiger partial charge in [0.15, 0.2) is 0 Å². The second-order valence-corrected chi connectivity index (χ2v) is 3.40. The summed E-state index contributed by atoms with van der Waals surface area (Å²) in [5.41, 5.74) is 0.540. The van der Waals surface area contributed by atoms with Crippen molar-refractivity contribution in [2.45, 2.75) is 6.92 Å². The molecule has 0 amide bonds. The predicted octanol–water partition coefficient (Wildman–Crippen LogP) is 3.86. The van der Waals surface area contributed by atoms with Gasteiger partial charge in [-0.25, -0.2) is 4.39 Å². The first kappa shape index (κ1) is 13.7. The third-order valence-electron chi connectivity index (χ3n) is 2.11. The SMILES string of the molecule is Cc1ccc(Oc2c[c-]cc(F)c2)cc1F.[V]. The van der Waals surface area contributed by atoms with E-state index in [1.807, 2.05) is 0 Å². The molecule has 1 radical (unpaired) electrons. The third kappa shape index (κ3) is 3.58. The van der Waals surface area contributed by atoms with Crippen LogP contribution in [0.5, 0.6) is 11.5 Å². The summed E-state index contributed by atoms with van der Waals surface area (Å²) in [7, 11) is 0. The Morgan fingerprint density at radius 2 is 1.82 bits per heavy atom. The van der Waals surface area contributed by atoms with Crippen LogP contribution in [0.2, 0.25) is 0 Å². The van der Waals surface area contributed by atoms with Gasteiger partial charge in [-0.15, -0.1) is 12.1 Å². The van der Waals surface area contributed by atoms with Crippen LogP contribution in [-0.2, 0) is 18.6 Å². The maximum Gasteiger partial charge on any atom is 0.129 e. The average molecular weight is 270 g/mol. The van der Waals surface area contributed by atoms with Crippen LogP contribution in [0.1, 0.15) is 5.56 Å². The molecular weight excluding hydrogens is 261 g/mol. The molecule has 0 unspecified atom stereocenters. The van der Waals surface area contributed by atoms with Crippen molar-refractivity contribution in [2.75, 3.05) is 0 Å². The van der Waals surface area contributed by atoms with Gasteiger partial charge in [-0.1, -0.05) is 12.1 Å². The van der Waals surface area contributed by atoms with Gasteiger partial charge in [0.2, 0.25) is 0 Å². The molecule has 0 atom stereocenters. The number of halogens is 2. The van der Waals surface area contributed by atoms with Crippen LogP contribution in [0, 0.1) is 24.6 Å². The van der Waals surface area contributed by atoms with E-state index in [0.29, 0.717) is 17.1 Å². The first-order valence-corrected chi connectivity index (χ1v) is 4.76. The Kier molecular flexibility index (Phi) is 4.73. The molecule has 0 heterocycles. The fourth-order valence-electron chi connectivity index (χ4n) is 1.25. The zero-order valence-corrected chi connectivity index (χ0v) is 10.5. The van der Waals surface area contributed by atoms with E-state index in [1.165, 1.54) is 24.3 Å². The van der Waals surface area contributed by atoms with Crippen molar-refractivity contribution >= 4 is 0 Å². The smallest absolute Gasteiger partial charge is 0.129 e. The predicted molar refractivity (Wildman–Crippen MR) is 56.4 cm³/mol. The first-order valence-electron chi connectivity index (χ1n) is 4.76. The summed E-state index contributed by atoms with van der Waals surface area (Å²) in [5.74, 6) is -0.159. The molecular formula is C13H9F2OV-. The summed E-state index contributed by atoms with van der Waals surface area (Å²) in [5, 5.41) is 0. The van der Waals surface area contributed by atoms with E-state index >= 15 is 0 Å². The zero-order valence-electron chi connectivity index (χ0n) is 9.08. The van der Waals surface area contributed by atoms with E-state index in [1.54, 1.807) is 19.1 Å². The van der Waals surface area contributed by atoms with Crippen LogP contribution >= 0.6 is 0 Å². The summed E-state index contributed by atoms with van der Waals surface area (Å²) in [6, 6.07) is 11.0. The molecule has 0 fully saturated rings. The normalized spacial score (nSPS) is 9.59. The topological polar surface area (TPSA) is 9.23 Å². The molecule has 0 saturated carbocycles. The van der Waals surface area contributed by atoms with Gasteiger partial charge >= 0.3 is 0 Å². The van der Waals surface area contributed by atoms with Gasteiger partial charge in [0, 0.05) is 36.2 Å². The van der Waals surface area contributed by atoms with Crippen molar-refractivity contribution in [1.29, 1.82) is 0 Å². The Balaban J connectivity index is 0.00000144. The third-order valence-corrected chi connectivity index (χ3v) is 2.11. The molecule has 17 heavy (non-hydrogen) atoms. The van der Waals surface area contributed by atoms with Gasteiger partial charge in [-0.2, -0.15) is 6.07 Å². The number of ether oxygens (including phenoxy) is 1. The minimum Gasteiger partial charge on any atom is -0.517 e. The van der Waals surface area contributed by atoms with Gasteiger partial charge in [0.25, 0.3) is 0 Å². The van der Waals surface area contributed by atoms with Crippen LogP contribution in [0.25, 0.3) is 0 Å². The summed E-state index contributed by atoms with van der Waals surface area (Å²) in [4.78, 5) is 0. The van der Waals surface area contributed by atoms with Crippen molar-refractivity contribution in [2.24, 2.45) is 0 Å². The first-order chi connectivity index (χ1) is 7.65. The Bertz CT molecular complexity index is 515. The molecule has 0 aliphatic heterocycles. The van der Waals surface area contributed by atoms with E-state index in [2.05, 4.69) is 6.07 Å². The molecule has 0 bridgehead atoms. The molecule has 0 aliphatic rings. The number of aryl methyl sites for hydroxylation is 1. The molecule has 87 valence electrons. The Morgan fingerprint density at radius 3 is 2.47 bits per heavy atom. The largest absolute Gasteiger partial charge is 0.517 e. The minimum atomic E-state index is -0.440. The van der Waals surface area contributed by atoms with Gasteiger partial charge in [-0.3, -0.25) is 4.39 Å². The van der Waals surface area contributed by atoms with Crippen LogP contribution in [-0.4, -0.2) is 0 Å². The molecule has 4 heteroatoms. The van der Waals surface area contributed by atoms with Crippen LogP contribution in [0.15, 0.2) is 36.4 Å². The van der Waals surface area contributed by atoms with Crippen LogP contribution in [0.3, 0.4) is 0 Å². The van der Waals surface area contributed by atoms with Crippen molar-refractivity contribution < 1.29 is 32.1 Å². The molecule has 0 aliphatic carbocycles. The number of benzene rings is 2.